The van der Waals surface area contributed by atoms with Gasteiger partial charge < -0.3 is 34.7 Å². The number of epoxide rings is 1. The van der Waals surface area contributed by atoms with Crippen LogP contribution in [0.4, 0.5) is 0 Å². The molecule has 10 heteroatoms. The van der Waals surface area contributed by atoms with Crippen molar-refractivity contribution in [3.05, 3.63) is 53.1 Å². The van der Waals surface area contributed by atoms with Gasteiger partial charge in [0.1, 0.15) is 25.1 Å². The molecule has 2 heterocycles. The second kappa shape index (κ2) is 12.2. The molecular formula is C28H34N2O8. The summed E-state index contributed by atoms with van der Waals surface area (Å²) in [6, 6.07) is 7.25. The average Bonchev–Trinajstić information content (AvgIpc) is 3.55. The molecule has 2 aliphatic carbocycles. The van der Waals surface area contributed by atoms with Gasteiger partial charge in [-0.1, -0.05) is 24.3 Å². The van der Waals surface area contributed by atoms with Gasteiger partial charge in [0.25, 0.3) is 0 Å². The molecule has 2 aliphatic heterocycles. The number of aliphatic hydroxyl groups is 1. The maximum absolute atomic E-state index is 12.9. The van der Waals surface area contributed by atoms with E-state index in [1.807, 2.05) is 12.1 Å². The third-order valence-corrected chi connectivity index (χ3v) is 7.37. The normalized spacial score (nSPS) is 29.7. The Morgan fingerprint density at radius 1 is 1.05 bits per heavy atom. The number of benzene rings is 1. The molecule has 38 heavy (non-hydrogen) atoms. The maximum Gasteiger partial charge on any atom is 0.338 e. The highest BCUT2D eigenvalue weighted by atomic mass is 16.7. The van der Waals surface area contributed by atoms with Crippen LogP contribution in [0.3, 0.4) is 0 Å². The minimum Gasteiger partial charge on any atom is -0.456 e. The monoisotopic (exact) mass is 526 g/mol. The van der Waals surface area contributed by atoms with E-state index in [4.69, 9.17) is 24.1 Å². The minimum absolute atomic E-state index is 0.0510. The molecule has 3 N–H and O–H groups in total. The van der Waals surface area contributed by atoms with E-state index in [1.54, 1.807) is 18.2 Å². The van der Waals surface area contributed by atoms with Crippen molar-refractivity contribution in [3.63, 3.8) is 0 Å². The molecule has 1 aromatic rings. The molecule has 0 bridgehead atoms. The molecule has 3 fully saturated rings. The number of rotatable bonds is 10. The lowest BCUT2D eigenvalue weighted by Gasteiger charge is -2.30. The third kappa shape index (κ3) is 6.68. The van der Waals surface area contributed by atoms with E-state index in [0.717, 1.165) is 24.8 Å². The van der Waals surface area contributed by atoms with E-state index in [0.29, 0.717) is 29.3 Å². The molecule has 0 spiro atoms. The SMILES string of the molecule is O=C(CCNC(=O)C1=CC2OCOC2C(OC(=O)c2ccc(C=CC3CCC4OC4C3)cc2)C1)NCCO. The fourth-order valence-corrected chi connectivity index (χ4v) is 5.20. The van der Waals surface area contributed by atoms with E-state index >= 15 is 0 Å². The lowest BCUT2D eigenvalue weighted by Crippen LogP contribution is -2.43. The molecule has 4 aliphatic rings. The van der Waals surface area contributed by atoms with Gasteiger partial charge in [-0.15, -0.1) is 0 Å². The summed E-state index contributed by atoms with van der Waals surface area (Å²) in [6.07, 6.45) is 8.86. The molecule has 0 aromatic heterocycles. The molecule has 6 unspecified atom stereocenters. The predicted molar refractivity (Wildman–Crippen MR) is 136 cm³/mol. The van der Waals surface area contributed by atoms with Gasteiger partial charge in [-0.2, -0.15) is 0 Å². The number of hydrogen-bond donors (Lipinski definition) is 3. The first-order chi connectivity index (χ1) is 18.5. The van der Waals surface area contributed by atoms with E-state index in [9.17, 15) is 14.4 Å². The van der Waals surface area contributed by atoms with Gasteiger partial charge in [0.2, 0.25) is 11.8 Å². The van der Waals surface area contributed by atoms with Crippen molar-refractivity contribution >= 4 is 23.9 Å². The molecule has 2 saturated heterocycles. The number of fused-ring (bicyclic) bond motifs is 2. The Bertz CT molecular complexity index is 1080. The van der Waals surface area contributed by atoms with Crippen LogP contribution in [-0.4, -0.2) is 79.9 Å². The van der Waals surface area contributed by atoms with E-state index in [2.05, 4.69) is 22.8 Å². The highest BCUT2D eigenvalue weighted by molar-refractivity contribution is 5.94. The molecule has 6 atom stereocenters. The first-order valence-corrected chi connectivity index (χ1v) is 13.2. The summed E-state index contributed by atoms with van der Waals surface area (Å²) in [5.74, 6) is -0.587. The van der Waals surface area contributed by atoms with Gasteiger partial charge >= 0.3 is 5.97 Å². The zero-order chi connectivity index (χ0) is 26.5. The number of ether oxygens (including phenoxy) is 4. The summed E-state index contributed by atoms with van der Waals surface area (Å²) in [7, 11) is 0. The van der Waals surface area contributed by atoms with Crippen molar-refractivity contribution in [3.8, 4) is 0 Å². The minimum atomic E-state index is -0.687. The van der Waals surface area contributed by atoms with Crippen LogP contribution >= 0.6 is 0 Å². The Balaban J connectivity index is 1.14. The quantitative estimate of drug-likeness (QED) is 0.308. The number of hydrogen-bond acceptors (Lipinski definition) is 8. The van der Waals surface area contributed by atoms with Gasteiger partial charge in [-0.05, 0) is 49.0 Å². The second-order valence-electron chi connectivity index (χ2n) is 10.1. The number of nitrogens with one attached hydrogen (secondary N) is 2. The zero-order valence-corrected chi connectivity index (χ0v) is 21.2. The van der Waals surface area contributed by atoms with Crippen molar-refractivity contribution < 1.29 is 38.4 Å². The van der Waals surface area contributed by atoms with Crippen LogP contribution in [-0.2, 0) is 28.5 Å². The van der Waals surface area contributed by atoms with Gasteiger partial charge in [0, 0.05) is 31.5 Å². The van der Waals surface area contributed by atoms with Crippen LogP contribution in [0.25, 0.3) is 6.08 Å². The summed E-state index contributed by atoms with van der Waals surface area (Å²) in [6.45, 7) is 0.213. The van der Waals surface area contributed by atoms with Crippen molar-refractivity contribution in [1.82, 2.24) is 10.6 Å². The summed E-state index contributed by atoms with van der Waals surface area (Å²) in [5, 5.41) is 14.0. The topological polar surface area (TPSA) is 136 Å². The first kappa shape index (κ1) is 26.6. The Hall–Kier alpha value is -3.05. The smallest absolute Gasteiger partial charge is 0.338 e. The van der Waals surface area contributed by atoms with Crippen LogP contribution in [0, 0.1) is 5.92 Å². The predicted octanol–water partition coefficient (Wildman–Crippen LogP) is 1.48. The Labute approximate surface area is 221 Å². The Morgan fingerprint density at radius 3 is 2.68 bits per heavy atom. The lowest BCUT2D eigenvalue weighted by atomic mass is 9.89. The molecular weight excluding hydrogens is 492 g/mol. The highest BCUT2D eigenvalue weighted by Gasteiger charge is 2.43. The standard InChI is InChI=1S/C28H34N2O8/c31-12-11-29-25(32)9-10-30-27(33)20-14-23-26(36-16-35-23)24(15-20)38-28(34)19-6-3-17(4-7-19)1-2-18-5-8-21-22(13-18)37-21/h1-4,6-7,14,18,21-24,26,31H,5,8-13,15-16H2,(H,29,32)(H,30,33). The van der Waals surface area contributed by atoms with Crippen LogP contribution in [0.2, 0.25) is 0 Å². The molecule has 0 radical (unpaired) electrons. The third-order valence-electron chi connectivity index (χ3n) is 7.37. The van der Waals surface area contributed by atoms with Crippen molar-refractivity contribution in [1.29, 1.82) is 0 Å². The van der Waals surface area contributed by atoms with Crippen molar-refractivity contribution in [2.24, 2.45) is 5.92 Å². The van der Waals surface area contributed by atoms with Crippen LogP contribution in [0.15, 0.2) is 42.0 Å². The summed E-state index contributed by atoms with van der Waals surface area (Å²) in [5.41, 5.74) is 1.84. The van der Waals surface area contributed by atoms with Gasteiger partial charge in [0.05, 0.1) is 24.4 Å². The Morgan fingerprint density at radius 2 is 1.89 bits per heavy atom. The van der Waals surface area contributed by atoms with Gasteiger partial charge in [-0.3, -0.25) is 9.59 Å². The van der Waals surface area contributed by atoms with Crippen molar-refractivity contribution in [2.45, 2.75) is 62.6 Å². The number of esters is 1. The molecule has 2 amide bonds. The zero-order valence-electron chi connectivity index (χ0n) is 21.2. The summed E-state index contributed by atoms with van der Waals surface area (Å²) in [4.78, 5) is 37.3. The first-order valence-electron chi connectivity index (χ1n) is 13.2. The molecule has 1 saturated carbocycles. The molecule has 1 aromatic carbocycles. The fraction of sp³-hybridized carbons (Fsp3) is 0.536. The number of aliphatic hydroxyl groups excluding tert-OH is 1. The van der Waals surface area contributed by atoms with Crippen LogP contribution < -0.4 is 10.6 Å². The number of carbonyl (C=O) groups excluding carboxylic acids is 3. The van der Waals surface area contributed by atoms with Gasteiger partial charge in [0.15, 0.2) is 0 Å². The summed E-state index contributed by atoms with van der Waals surface area (Å²) < 4.78 is 22.6. The summed E-state index contributed by atoms with van der Waals surface area (Å²) >= 11 is 0. The Kier molecular flexibility index (Phi) is 8.53. The number of carbonyl (C=O) groups is 3. The van der Waals surface area contributed by atoms with E-state index < -0.39 is 24.3 Å². The highest BCUT2D eigenvalue weighted by Crippen LogP contribution is 2.40. The maximum atomic E-state index is 12.9. The fourth-order valence-electron chi connectivity index (χ4n) is 5.20. The van der Waals surface area contributed by atoms with E-state index in [-0.39, 0.29) is 51.1 Å². The lowest BCUT2D eigenvalue weighted by molar-refractivity contribution is -0.121. The van der Waals surface area contributed by atoms with Crippen molar-refractivity contribution in [2.75, 3.05) is 26.5 Å². The van der Waals surface area contributed by atoms with Crippen LogP contribution in [0.5, 0.6) is 0 Å². The van der Waals surface area contributed by atoms with Gasteiger partial charge in [-0.25, -0.2) is 4.79 Å². The molecule has 204 valence electrons. The van der Waals surface area contributed by atoms with Crippen LogP contribution in [0.1, 0.15) is 48.0 Å². The van der Waals surface area contributed by atoms with E-state index in [1.165, 1.54) is 0 Å². The molecule has 10 nitrogen and oxygen atoms in total. The second-order valence-corrected chi connectivity index (χ2v) is 10.1. The largest absolute Gasteiger partial charge is 0.456 e. The number of allylic oxidation sites excluding steroid dienone is 1. The molecule has 5 rings (SSSR count). The average molecular weight is 527 g/mol. The number of amides is 2.